The number of carbonyl (C=O) groups excluding carboxylic acids is 2. The van der Waals surface area contributed by atoms with Crippen molar-refractivity contribution in [3.05, 3.63) is 66.2 Å². The third-order valence-corrected chi connectivity index (χ3v) is 5.13. The minimum atomic E-state index is -0.803. The number of nitrogens with one attached hydrogen (secondary N) is 1. The fourth-order valence-electron chi connectivity index (χ4n) is 3.64. The Labute approximate surface area is 169 Å². The fraction of sp³-hybridized carbons (Fsp3) is 0.261. The Hall–Kier alpha value is -3.25. The van der Waals surface area contributed by atoms with Gasteiger partial charge in [-0.15, -0.1) is 0 Å². The largest absolute Gasteiger partial charge is 0.389 e. The van der Waals surface area contributed by atoms with Crippen molar-refractivity contribution in [2.75, 3.05) is 19.6 Å². The van der Waals surface area contributed by atoms with Gasteiger partial charge < -0.3 is 15.3 Å². The van der Waals surface area contributed by atoms with Crippen LogP contribution in [-0.2, 0) is 4.79 Å². The zero-order valence-electron chi connectivity index (χ0n) is 16.0. The summed E-state index contributed by atoms with van der Waals surface area (Å²) in [5.41, 5.74) is 2.90. The van der Waals surface area contributed by atoms with Crippen LogP contribution in [0.1, 0.15) is 23.2 Å². The molecule has 2 amide bonds. The summed E-state index contributed by atoms with van der Waals surface area (Å²) in [5.74, 6) is -0.212. The number of carbonyl (C=O) groups is 2. The molecular formula is C23H23N3O3. The Bertz CT molecular complexity index is 1040. The van der Waals surface area contributed by atoms with Gasteiger partial charge in [0.2, 0.25) is 5.91 Å². The van der Waals surface area contributed by atoms with Crippen LogP contribution in [-0.4, -0.2) is 52.5 Å². The normalized spacial score (nSPS) is 14.9. The number of likely N-dealkylation sites (tertiary alicyclic amines) is 1. The average molecular weight is 389 g/mol. The summed E-state index contributed by atoms with van der Waals surface area (Å²) in [5, 5.41) is 13.8. The van der Waals surface area contributed by atoms with Gasteiger partial charge >= 0.3 is 0 Å². The van der Waals surface area contributed by atoms with Crippen molar-refractivity contribution in [2.45, 2.75) is 18.9 Å². The average Bonchev–Trinajstić information content (AvgIpc) is 3.16. The predicted molar refractivity (Wildman–Crippen MR) is 111 cm³/mol. The minimum absolute atomic E-state index is 0.0583. The van der Waals surface area contributed by atoms with Gasteiger partial charge in [-0.25, -0.2) is 4.98 Å². The molecule has 1 aromatic heterocycles. The number of hydrogen-bond donors (Lipinski definition) is 2. The van der Waals surface area contributed by atoms with E-state index in [1.807, 2.05) is 54.6 Å². The van der Waals surface area contributed by atoms with Gasteiger partial charge in [-0.1, -0.05) is 48.5 Å². The summed E-state index contributed by atoms with van der Waals surface area (Å²) in [6.45, 7) is 0.991. The second-order valence-electron chi connectivity index (χ2n) is 7.25. The van der Waals surface area contributed by atoms with E-state index in [9.17, 15) is 14.7 Å². The number of rotatable bonds is 6. The lowest BCUT2D eigenvalue weighted by Crippen LogP contribution is -2.40. The van der Waals surface area contributed by atoms with Gasteiger partial charge in [0, 0.05) is 37.0 Å². The first-order chi connectivity index (χ1) is 14.1. The molecule has 0 unspecified atom stereocenters. The molecule has 6 heteroatoms. The lowest BCUT2D eigenvalue weighted by molar-refractivity contribution is -0.128. The number of benzene rings is 2. The molecule has 1 atom stereocenters. The van der Waals surface area contributed by atoms with Gasteiger partial charge in [-0.05, 0) is 18.6 Å². The molecule has 1 fully saturated rings. The molecular weight excluding hydrogens is 366 g/mol. The second kappa shape index (κ2) is 8.41. The van der Waals surface area contributed by atoms with E-state index < -0.39 is 6.10 Å². The van der Waals surface area contributed by atoms with Crippen molar-refractivity contribution in [3.63, 3.8) is 0 Å². The molecule has 0 radical (unpaired) electrons. The van der Waals surface area contributed by atoms with Crippen molar-refractivity contribution < 1.29 is 14.7 Å². The number of fused-ring (bicyclic) bond motifs is 1. The summed E-state index contributed by atoms with van der Waals surface area (Å²) in [4.78, 5) is 31.0. The van der Waals surface area contributed by atoms with Gasteiger partial charge in [0.25, 0.3) is 5.91 Å². The minimum Gasteiger partial charge on any atom is -0.389 e. The fourth-order valence-corrected chi connectivity index (χ4v) is 3.64. The molecule has 3 aromatic rings. The molecule has 0 bridgehead atoms. The molecule has 0 aliphatic carbocycles. The summed E-state index contributed by atoms with van der Waals surface area (Å²) >= 11 is 0. The Balaban J connectivity index is 1.54. The zero-order chi connectivity index (χ0) is 20.2. The molecule has 1 saturated heterocycles. The van der Waals surface area contributed by atoms with Crippen molar-refractivity contribution in [2.24, 2.45) is 0 Å². The van der Waals surface area contributed by atoms with E-state index in [2.05, 4.69) is 10.3 Å². The molecule has 1 aliphatic heterocycles. The van der Waals surface area contributed by atoms with E-state index in [1.54, 1.807) is 11.0 Å². The van der Waals surface area contributed by atoms with Crippen LogP contribution in [0.15, 0.2) is 60.7 Å². The number of aliphatic hydroxyl groups excluding tert-OH is 1. The van der Waals surface area contributed by atoms with Crippen LogP contribution >= 0.6 is 0 Å². The van der Waals surface area contributed by atoms with Crippen LogP contribution in [0.25, 0.3) is 22.2 Å². The second-order valence-corrected chi connectivity index (χ2v) is 7.25. The maximum absolute atomic E-state index is 12.9. The number of para-hydroxylation sites is 1. The first kappa shape index (κ1) is 19.1. The molecule has 0 saturated carbocycles. The summed E-state index contributed by atoms with van der Waals surface area (Å²) in [6.07, 6.45) is 0.552. The Morgan fingerprint density at radius 2 is 1.90 bits per heavy atom. The Morgan fingerprint density at radius 3 is 2.66 bits per heavy atom. The van der Waals surface area contributed by atoms with E-state index in [4.69, 9.17) is 0 Å². The number of nitrogens with zero attached hydrogens (tertiary/aromatic N) is 2. The monoisotopic (exact) mass is 389 g/mol. The number of β-amino-alcohol motifs (C(OH)–C–C–N with tert-alkyl or cyclic N) is 1. The highest BCUT2D eigenvalue weighted by Gasteiger charge is 2.23. The van der Waals surface area contributed by atoms with Crippen LogP contribution in [0.4, 0.5) is 0 Å². The molecule has 6 nitrogen and oxygen atoms in total. The molecule has 2 heterocycles. The van der Waals surface area contributed by atoms with Crippen molar-refractivity contribution in [1.29, 1.82) is 0 Å². The van der Waals surface area contributed by atoms with Crippen molar-refractivity contribution in [1.82, 2.24) is 15.2 Å². The number of aliphatic hydroxyl groups is 1. The lowest BCUT2D eigenvalue weighted by Gasteiger charge is -2.20. The van der Waals surface area contributed by atoms with E-state index >= 15 is 0 Å². The zero-order valence-corrected chi connectivity index (χ0v) is 16.0. The van der Waals surface area contributed by atoms with E-state index in [0.717, 1.165) is 28.6 Å². The molecule has 4 rings (SSSR count). The molecule has 2 N–H and O–H groups in total. The first-order valence-corrected chi connectivity index (χ1v) is 9.81. The standard InChI is InChI=1S/C23H23N3O3/c27-17(15-26-12-6-11-22(26)28)14-24-23(29)19-13-21(16-7-2-1-3-8-16)25-20-10-5-4-9-18(19)20/h1-5,7-10,13,17,27H,6,11-12,14-15H2,(H,24,29)/t17-/m1/s1. The topological polar surface area (TPSA) is 82.5 Å². The summed E-state index contributed by atoms with van der Waals surface area (Å²) in [6, 6.07) is 19.0. The highest BCUT2D eigenvalue weighted by atomic mass is 16.3. The number of hydrogen-bond acceptors (Lipinski definition) is 4. The molecule has 148 valence electrons. The van der Waals surface area contributed by atoms with Crippen molar-refractivity contribution in [3.8, 4) is 11.3 Å². The highest BCUT2D eigenvalue weighted by Crippen LogP contribution is 2.24. The van der Waals surface area contributed by atoms with Gasteiger partial charge in [0.15, 0.2) is 0 Å². The van der Waals surface area contributed by atoms with Gasteiger partial charge in [0.05, 0.1) is 22.9 Å². The first-order valence-electron chi connectivity index (χ1n) is 9.81. The number of pyridine rings is 1. The summed E-state index contributed by atoms with van der Waals surface area (Å²) < 4.78 is 0. The molecule has 2 aromatic carbocycles. The maximum atomic E-state index is 12.9. The Kier molecular flexibility index (Phi) is 5.53. The van der Waals surface area contributed by atoms with Gasteiger partial charge in [-0.2, -0.15) is 0 Å². The molecule has 1 aliphatic rings. The third-order valence-electron chi connectivity index (χ3n) is 5.13. The van der Waals surface area contributed by atoms with Crippen LogP contribution in [0.5, 0.6) is 0 Å². The van der Waals surface area contributed by atoms with E-state index in [0.29, 0.717) is 18.5 Å². The van der Waals surface area contributed by atoms with Crippen LogP contribution in [0.3, 0.4) is 0 Å². The number of amides is 2. The Morgan fingerprint density at radius 1 is 1.14 bits per heavy atom. The van der Waals surface area contributed by atoms with Crippen LogP contribution in [0, 0.1) is 0 Å². The SMILES string of the molecule is O=C(NC[C@@H](O)CN1CCCC1=O)c1cc(-c2ccccc2)nc2ccccc12. The molecule has 0 spiro atoms. The summed E-state index contributed by atoms with van der Waals surface area (Å²) in [7, 11) is 0. The van der Waals surface area contributed by atoms with E-state index in [-0.39, 0.29) is 24.9 Å². The smallest absolute Gasteiger partial charge is 0.252 e. The van der Waals surface area contributed by atoms with Crippen LogP contribution < -0.4 is 5.32 Å². The van der Waals surface area contributed by atoms with Crippen molar-refractivity contribution >= 4 is 22.7 Å². The van der Waals surface area contributed by atoms with Crippen LogP contribution in [0.2, 0.25) is 0 Å². The quantitative estimate of drug-likeness (QED) is 0.679. The highest BCUT2D eigenvalue weighted by molar-refractivity contribution is 6.07. The van der Waals surface area contributed by atoms with E-state index in [1.165, 1.54) is 0 Å². The predicted octanol–water partition coefficient (Wildman–Crippen LogP) is 2.61. The number of aromatic nitrogens is 1. The third kappa shape index (κ3) is 4.27. The van der Waals surface area contributed by atoms with Gasteiger partial charge in [0.1, 0.15) is 0 Å². The van der Waals surface area contributed by atoms with Gasteiger partial charge in [-0.3, -0.25) is 9.59 Å². The lowest BCUT2D eigenvalue weighted by atomic mass is 10.0. The molecule has 29 heavy (non-hydrogen) atoms. The maximum Gasteiger partial charge on any atom is 0.252 e.